The number of hydrogen-bond acceptors (Lipinski definition) is 1. The summed E-state index contributed by atoms with van der Waals surface area (Å²) in [5.41, 5.74) is 1.24. The van der Waals surface area contributed by atoms with Crippen molar-refractivity contribution >= 4 is 0 Å². The van der Waals surface area contributed by atoms with E-state index in [1.165, 1.54) is 37.7 Å². The molecule has 0 heterocycles. The van der Waals surface area contributed by atoms with Gasteiger partial charge in [-0.25, -0.2) is 4.39 Å². The highest BCUT2D eigenvalue weighted by Gasteiger charge is 2.24. The van der Waals surface area contributed by atoms with E-state index in [-0.39, 0.29) is 5.82 Å². The van der Waals surface area contributed by atoms with Crippen LogP contribution in [0.15, 0.2) is 24.3 Å². The number of benzene rings is 1. The smallest absolute Gasteiger partial charge is 0.123 e. The Hall–Kier alpha value is -0.890. The lowest BCUT2D eigenvalue weighted by Gasteiger charge is -2.31. The van der Waals surface area contributed by atoms with E-state index in [1.54, 1.807) is 12.1 Å². The summed E-state index contributed by atoms with van der Waals surface area (Å²) in [5.74, 6) is 0.571. The molecule has 0 aliphatic heterocycles. The van der Waals surface area contributed by atoms with Crippen LogP contribution in [0, 0.1) is 11.7 Å². The van der Waals surface area contributed by atoms with Gasteiger partial charge in [0.1, 0.15) is 5.82 Å². The predicted octanol–water partition coefficient (Wildman–Crippen LogP) is 4.06. The zero-order chi connectivity index (χ0) is 12.1. The molecule has 2 heteroatoms. The molecule has 0 bridgehead atoms. The van der Waals surface area contributed by atoms with Crippen LogP contribution in [0.3, 0.4) is 0 Å². The van der Waals surface area contributed by atoms with Crippen LogP contribution in [0.1, 0.15) is 50.6 Å². The average Bonchev–Trinajstić information content (AvgIpc) is 2.38. The second-order valence-corrected chi connectivity index (χ2v) is 4.98. The minimum Gasteiger partial charge on any atom is -0.310 e. The highest BCUT2D eigenvalue weighted by molar-refractivity contribution is 5.20. The van der Waals surface area contributed by atoms with Gasteiger partial charge in [0.2, 0.25) is 0 Å². The van der Waals surface area contributed by atoms with Crippen LogP contribution in [-0.4, -0.2) is 6.54 Å². The summed E-state index contributed by atoms with van der Waals surface area (Å²) in [7, 11) is 0. The molecule has 1 aromatic rings. The van der Waals surface area contributed by atoms with Gasteiger partial charge in [-0.2, -0.15) is 0 Å². The Labute approximate surface area is 103 Å². The molecule has 0 saturated heterocycles. The third kappa shape index (κ3) is 3.29. The maximum Gasteiger partial charge on any atom is 0.123 e. The fourth-order valence-electron chi connectivity index (χ4n) is 2.91. The van der Waals surface area contributed by atoms with Crippen molar-refractivity contribution in [3.8, 4) is 0 Å². The van der Waals surface area contributed by atoms with Crippen LogP contribution in [0.4, 0.5) is 4.39 Å². The Balaban J connectivity index is 2.12. The summed E-state index contributed by atoms with van der Waals surface area (Å²) in [5, 5.41) is 3.57. The maximum absolute atomic E-state index is 13.0. The summed E-state index contributed by atoms with van der Waals surface area (Å²) < 4.78 is 13.0. The van der Waals surface area contributed by atoms with Crippen LogP contribution < -0.4 is 5.32 Å². The van der Waals surface area contributed by atoms with Gasteiger partial charge in [0.05, 0.1) is 0 Å². The Morgan fingerprint density at radius 3 is 2.41 bits per heavy atom. The van der Waals surface area contributed by atoms with Crippen molar-refractivity contribution < 1.29 is 4.39 Å². The van der Waals surface area contributed by atoms with Gasteiger partial charge < -0.3 is 5.32 Å². The maximum atomic E-state index is 13.0. The number of halogens is 1. The molecule has 94 valence electrons. The van der Waals surface area contributed by atoms with Gasteiger partial charge >= 0.3 is 0 Å². The summed E-state index contributed by atoms with van der Waals surface area (Å²) >= 11 is 0. The molecule has 1 nitrogen and oxygen atoms in total. The zero-order valence-corrected chi connectivity index (χ0v) is 10.6. The molecule has 1 unspecified atom stereocenters. The topological polar surface area (TPSA) is 12.0 Å². The van der Waals surface area contributed by atoms with Gasteiger partial charge in [0, 0.05) is 6.04 Å². The first-order valence-electron chi connectivity index (χ1n) is 6.80. The third-order valence-corrected chi connectivity index (χ3v) is 3.77. The molecule has 1 N–H and O–H groups in total. The Morgan fingerprint density at radius 2 is 1.82 bits per heavy atom. The van der Waals surface area contributed by atoms with Gasteiger partial charge in [-0.05, 0) is 43.0 Å². The molecular formula is C15H22FN. The van der Waals surface area contributed by atoms with Crippen molar-refractivity contribution in [1.29, 1.82) is 0 Å². The second kappa shape index (κ2) is 6.15. The third-order valence-electron chi connectivity index (χ3n) is 3.77. The SMILES string of the molecule is CCNC(c1ccc(F)cc1)C1CCCCC1. The van der Waals surface area contributed by atoms with E-state index in [0.717, 1.165) is 6.54 Å². The van der Waals surface area contributed by atoms with E-state index < -0.39 is 0 Å². The van der Waals surface area contributed by atoms with Crippen molar-refractivity contribution in [1.82, 2.24) is 5.32 Å². The molecule has 0 aromatic heterocycles. The van der Waals surface area contributed by atoms with Crippen LogP contribution in [0.2, 0.25) is 0 Å². The monoisotopic (exact) mass is 235 g/mol. The molecule has 2 rings (SSSR count). The van der Waals surface area contributed by atoms with Crippen molar-refractivity contribution in [2.24, 2.45) is 5.92 Å². The van der Waals surface area contributed by atoms with Gasteiger partial charge in [0.15, 0.2) is 0 Å². The molecule has 0 radical (unpaired) electrons. The van der Waals surface area contributed by atoms with E-state index in [1.807, 2.05) is 12.1 Å². The number of nitrogens with one attached hydrogen (secondary N) is 1. The van der Waals surface area contributed by atoms with Crippen molar-refractivity contribution in [2.45, 2.75) is 45.1 Å². The van der Waals surface area contributed by atoms with Crippen LogP contribution in [0.25, 0.3) is 0 Å². The van der Waals surface area contributed by atoms with Crippen molar-refractivity contribution in [2.75, 3.05) is 6.54 Å². The molecule has 17 heavy (non-hydrogen) atoms. The minimum atomic E-state index is -0.146. The van der Waals surface area contributed by atoms with Gasteiger partial charge in [0.25, 0.3) is 0 Å². The van der Waals surface area contributed by atoms with Crippen LogP contribution >= 0.6 is 0 Å². The lowest BCUT2D eigenvalue weighted by molar-refractivity contribution is 0.274. The van der Waals surface area contributed by atoms with Crippen molar-refractivity contribution in [3.63, 3.8) is 0 Å². The number of rotatable bonds is 4. The number of hydrogen-bond donors (Lipinski definition) is 1. The van der Waals surface area contributed by atoms with Gasteiger partial charge in [-0.15, -0.1) is 0 Å². The molecule has 1 saturated carbocycles. The Morgan fingerprint density at radius 1 is 1.18 bits per heavy atom. The van der Waals surface area contributed by atoms with Crippen molar-refractivity contribution in [3.05, 3.63) is 35.6 Å². The standard InChI is InChI=1S/C15H22FN/c1-2-17-15(12-6-4-3-5-7-12)13-8-10-14(16)11-9-13/h8-12,15,17H,2-7H2,1H3. The highest BCUT2D eigenvalue weighted by Crippen LogP contribution is 2.34. The second-order valence-electron chi connectivity index (χ2n) is 4.98. The van der Waals surface area contributed by atoms with Gasteiger partial charge in [-0.1, -0.05) is 38.3 Å². The quantitative estimate of drug-likeness (QED) is 0.830. The average molecular weight is 235 g/mol. The molecular weight excluding hydrogens is 213 g/mol. The van der Waals surface area contributed by atoms with E-state index >= 15 is 0 Å². The molecule has 1 aliphatic carbocycles. The lowest BCUT2D eigenvalue weighted by Crippen LogP contribution is -2.29. The minimum absolute atomic E-state index is 0.146. The predicted molar refractivity (Wildman–Crippen MR) is 69.4 cm³/mol. The Bertz CT molecular complexity index is 327. The summed E-state index contributed by atoms with van der Waals surface area (Å²) in [6, 6.07) is 7.40. The molecule has 0 amide bonds. The summed E-state index contributed by atoms with van der Waals surface area (Å²) in [6.45, 7) is 3.11. The summed E-state index contributed by atoms with van der Waals surface area (Å²) in [6.07, 6.45) is 6.66. The first kappa shape index (κ1) is 12.6. The fourth-order valence-corrected chi connectivity index (χ4v) is 2.91. The molecule has 1 atom stereocenters. The molecule has 1 fully saturated rings. The summed E-state index contributed by atoms with van der Waals surface area (Å²) in [4.78, 5) is 0. The molecule has 1 aromatic carbocycles. The van der Waals surface area contributed by atoms with Gasteiger partial charge in [-0.3, -0.25) is 0 Å². The van der Waals surface area contributed by atoms with E-state index in [9.17, 15) is 4.39 Å². The van der Waals surface area contributed by atoms with E-state index in [0.29, 0.717) is 12.0 Å². The highest BCUT2D eigenvalue weighted by atomic mass is 19.1. The fraction of sp³-hybridized carbons (Fsp3) is 0.600. The van der Waals surface area contributed by atoms with Crippen LogP contribution in [-0.2, 0) is 0 Å². The normalized spacial score (nSPS) is 19.2. The zero-order valence-electron chi connectivity index (χ0n) is 10.6. The largest absolute Gasteiger partial charge is 0.310 e. The Kier molecular flexibility index (Phi) is 4.55. The lowest BCUT2D eigenvalue weighted by atomic mass is 9.81. The van der Waals surface area contributed by atoms with E-state index in [2.05, 4.69) is 12.2 Å². The van der Waals surface area contributed by atoms with E-state index in [4.69, 9.17) is 0 Å². The van der Waals surface area contributed by atoms with Crippen LogP contribution in [0.5, 0.6) is 0 Å². The molecule has 0 spiro atoms. The first-order valence-corrected chi connectivity index (χ1v) is 6.80. The molecule has 1 aliphatic rings. The first-order chi connectivity index (χ1) is 8.31.